The molecule has 0 spiro atoms. The predicted octanol–water partition coefficient (Wildman–Crippen LogP) is 4.70. The van der Waals surface area contributed by atoms with E-state index in [-0.39, 0.29) is 11.5 Å². The molecule has 0 saturated carbocycles. The monoisotopic (exact) mass is 411 g/mol. The first kappa shape index (κ1) is 19.1. The summed E-state index contributed by atoms with van der Waals surface area (Å²) in [5, 5.41) is 3.43. The summed E-state index contributed by atoms with van der Waals surface area (Å²) in [6, 6.07) is 20.1. The van der Waals surface area contributed by atoms with Crippen LogP contribution >= 0.6 is 0 Å². The maximum Gasteiger partial charge on any atom is 0.261 e. The highest BCUT2D eigenvalue weighted by atomic mass is 16.5. The molecule has 0 fully saturated rings. The number of hydrogen-bond donors (Lipinski definition) is 1. The summed E-state index contributed by atoms with van der Waals surface area (Å²) in [6.07, 6.45) is 1.72. The van der Waals surface area contributed by atoms with Crippen LogP contribution < -0.4 is 15.6 Å². The van der Waals surface area contributed by atoms with Gasteiger partial charge in [-0.05, 0) is 73.5 Å². The zero-order chi connectivity index (χ0) is 21.4. The molecule has 3 aromatic carbocycles. The number of carbonyl (C=O) groups is 1. The lowest BCUT2D eigenvalue weighted by Gasteiger charge is -2.09. The van der Waals surface area contributed by atoms with Gasteiger partial charge in [0.15, 0.2) is 0 Å². The molecule has 0 radical (unpaired) electrons. The molecule has 1 amide bonds. The Labute approximate surface area is 179 Å². The van der Waals surface area contributed by atoms with E-state index in [4.69, 9.17) is 4.74 Å². The Morgan fingerprint density at radius 3 is 2.68 bits per heavy atom. The number of fused-ring (bicyclic) bond motifs is 2. The minimum Gasteiger partial charge on any atom is -0.457 e. The molecule has 0 aliphatic carbocycles. The smallest absolute Gasteiger partial charge is 0.261 e. The number of carbonyl (C=O) groups excluding carboxylic acids is 1. The first-order chi connectivity index (χ1) is 15.1. The van der Waals surface area contributed by atoms with Gasteiger partial charge < -0.3 is 10.1 Å². The van der Waals surface area contributed by atoms with E-state index in [0.717, 1.165) is 30.0 Å². The van der Waals surface area contributed by atoms with Gasteiger partial charge in [0, 0.05) is 24.2 Å². The van der Waals surface area contributed by atoms with Gasteiger partial charge in [-0.25, -0.2) is 4.98 Å². The topological polar surface area (TPSA) is 73.2 Å². The van der Waals surface area contributed by atoms with Gasteiger partial charge in [-0.1, -0.05) is 12.1 Å². The van der Waals surface area contributed by atoms with E-state index in [1.165, 1.54) is 0 Å². The zero-order valence-corrected chi connectivity index (χ0v) is 17.1. The third-order valence-electron chi connectivity index (χ3n) is 5.42. The van der Waals surface area contributed by atoms with Crippen molar-refractivity contribution in [1.82, 2.24) is 9.55 Å². The van der Waals surface area contributed by atoms with Crippen LogP contribution in [0.15, 0.2) is 71.5 Å². The Kier molecular flexibility index (Phi) is 4.75. The number of benzene rings is 3. The maximum atomic E-state index is 12.7. The van der Waals surface area contributed by atoms with Crippen molar-refractivity contribution in [3.8, 4) is 11.5 Å². The highest BCUT2D eigenvalue weighted by Gasteiger charge is 2.17. The highest BCUT2D eigenvalue weighted by Crippen LogP contribution is 2.24. The number of amides is 1. The fraction of sp³-hybridized carbons (Fsp3) is 0.160. The van der Waals surface area contributed by atoms with Gasteiger partial charge in [-0.3, -0.25) is 14.2 Å². The summed E-state index contributed by atoms with van der Waals surface area (Å²) in [4.78, 5) is 29.9. The van der Waals surface area contributed by atoms with Crippen LogP contribution in [0.1, 0.15) is 28.2 Å². The number of aryl methyl sites for hydroxylation is 2. The molecule has 4 aromatic rings. The Hall–Kier alpha value is -3.93. The summed E-state index contributed by atoms with van der Waals surface area (Å²) < 4.78 is 7.57. The Morgan fingerprint density at radius 1 is 1.03 bits per heavy atom. The Balaban J connectivity index is 1.33. The molecule has 1 aromatic heterocycles. The summed E-state index contributed by atoms with van der Waals surface area (Å²) in [5.41, 5.74) is 2.77. The van der Waals surface area contributed by atoms with Crippen LogP contribution in [0.2, 0.25) is 0 Å². The van der Waals surface area contributed by atoms with Crippen LogP contribution in [-0.4, -0.2) is 15.5 Å². The molecule has 0 bridgehead atoms. The van der Waals surface area contributed by atoms with E-state index in [1.54, 1.807) is 34.9 Å². The van der Waals surface area contributed by atoms with Gasteiger partial charge >= 0.3 is 0 Å². The molecular weight excluding hydrogens is 390 g/mol. The van der Waals surface area contributed by atoms with Gasteiger partial charge in [0.25, 0.3) is 11.5 Å². The molecule has 0 atom stereocenters. The van der Waals surface area contributed by atoms with Crippen molar-refractivity contribution in [3.05, 3.63) is 94.0 Å². The lowest BCUT2D eigenvalue weighted by atomic mass is 10.1. The fourth-order valence-corrected chi connectivity index (χ4v) is 3.85. The number of hydrogen-bond acceptors (Lipinski definition) is 4. The standard InChI is InChI=1S/C25H21N3O3/c1-16-4-2-5-20(14-16)31-19-10-8-18(9-11-19)26-24(29)17-7-12-21-22(15-17)27-23-6-3-13-28(23)25(21)30/h2,4-5,7-12,14-15H,3,6,13H2,1H3,(H,26,29). The molecule has 0 saturated heterocycles. The number of ether oxygens (including phenoxy) is 1. The first-order valence-electron chi connectivity index (χ1n) is 10.3. The summed E-state index contributed by atoms with van der Waals surface area (Å²) in [7, 11) is 0. The van der Waals surface area contributed by atoms with Crippen molar-refractivity contribution in [2.45, 2.75) is 26.3 Å². The second-order valence-corrected chi connectivity index (χ2v) is 7.72. The fourth-order valence-electron chi connectivity index (χ4n) is 3.85. The minimum atomic E-state index is -0.253. The van der Waals surface area contributed by atoms with Gasteiger partial charge in [0.2, 0.25) is 0 Å². The van der Waals surface area contributed by atoms with Crippen LogP contribution in [0.4, 0.5) is 5.69 Å². The molecular formula is C25H21N3O3. The van der Waals surface area contributed by atoms with Crippen LogP contribution in [-0.2, 0) is 13.0 Å². The van der Waals surface area contributed by atoms with E-state index in [1.807, 2.05) is 43.3 Å². The largest absolute Gasteiger partial charge is 0.457 e. The second kappa shape index (κ2) is 7.72. The summed E-state index contributed by atoms with van der Waals surface area (Å²) >= 11 is 0. The molecule has 31 heavy (non-hydrogen) atoms. The van der Waals surface area contributed by atoms with Crippen LogP contribution in [0.25, 0.3) is 10.9 Å². The molecule has 2 heterocycles. The lowest BCUT2D eigenvalue weighted by molar-refractivity contribution is 0.102. The normalized spacial score (nSPS) is 12.5. The Morgan fingerprint density at radius 2 is 1.87 bits per heavy atom. The van der Waals surface area contributed by atoms with Gasteiger partial charge in [-0.2, -0.15) is 0 Å². The van der Waals surface area contributed by atoms with Gasteiger partial charge in [-0.15, -0.1) is 0 Å². The lowest BCUT2D eigenvalue weighted by Crippen LogP contribution is -2.21. The number of anilines is 1. The average molecular weight is 411 g/mol. The maximum absolute atomic E-state index is 12.7. The van der Waals surface area contributed by atoms with E-state index in [0.29, 0.717) is 34.4 Å². The first-order valence-corrected chi connectivity index (χ1v) is 10.3. The number of nitrogens with zero attached hydrogens (tertiary/aromatic N) is 2. The minimum absolute atomic E-state index is 0.0337. The van der Waals surface area contributed by atoms with Crippen molar-refractivity contribution in [2.24, 2.45) is 0 Å². The van der Waals surface area contributed by atoms with Gasteiger partial charge in [0.1, 0.15) is 17.3 Å². The van der Waals surface area contributed by atoms with Crippen molar-refractivity contribution in [2.75, 3.05) is 5.32 Å². The summed E-state index contributed by atoms with van der Waals surface area (Å²) in [5.74, 6) is 1.99. The SMILES string of the molecule is Cc1cccc(Oc2ccc(NC(=O)c3ccc4c(=O)n5c(nc4c3)CCC5)cc2)c1. The van der Waals surface area contributed by atoms with E-state index in [9.17, 15) is 9.59 Å². The molecule has 1 aliphatic heterocycles. The number of rotatable bonds is 4. The second-order valence-electron chi connectivity index (χ2n) is 7.72. The van der Waals surface area contributed by atoms with Gasteiger partial charge in [0.05, 0.1) is 10.9 Å². The average Bonchev–Trinajstić information content (AvgIpc) is 3.24. The van der Waals surface area contributed by atoms with Crippen molar-refractivity contribution in [1.29, 1.82) is 0 Å². The van der Waals surface area contributed by atoms with Crippen molar-refractivity contribution < 1.29 is 9.53 Å². The van der Waals surface area contributed by atoms with Crippen molar-refractivity contribution in [3.63, 3.8) is 0 Å². The van der Waals surface area contributed by atoms with Crippen LogP contribution in [0, 0.1) is 6.92 Å². The third kappa shape index (κ3) is 3.80. The molecule has 0 unspecified atom stereocenters. The van der Waals surface area contributed by atoms with E-state index >= 15 is 0 Å². The quantitative estimate of drug-likeness (QED) is 0.528. The zero-order valence-electron chi connectivity index (χ0n) is 17.1. The van der Waals surface area contributed by atoms with Crippen LogP contribution in [0.5, 0.6) is 11.5 Å². The molecule has 154 valence electrons. The van der Waals surface area contributed by atoms with E-state index < -0.39 is 0 Å². The Bertz CT molecular complexity index is 1360. The molecule has 1 N–H and O–H groups in total. The number of nitrogens with one attached hydrogen (secondary N) is 1. The van der Waals surface area contributed by atoms with Crippen LogP contribution in [0.3, 0.4) is 0 Å². The predicted molar refractivity (Wildman–Crippen MR) is 120 cm³/mol. The molecule has 1 aliphatic rings. The highest BCUT2D eigenvalue weighted by molar-refractivity contribution is 6.06. The molecule has 6 nitrogen and oxygen atoms in total. The van der Waals surface area contributed by atoms with E-state index in [2.05, 4.69) is 10.3 Å². The third-order valence-corrected chi connectivity index (χ3v) is 5.42. The number of aromatic nitrogens is 2. The molecule has 6 heteroatoms. The van der Waals surface area contributed by atoms with Crippen molar-refractivity contribution >= 4 is 22.5 Å². The molecule has 5 rings (SSSR count). The summed E-state index contributed by atoms with van der Waals surface area (Å²) in [6.45, 7) is 2.72.